The number of ketones is 1. The average molecular weight is 269 g/mol. The zero-order valence-electron chi connectivity index (χ0n) is 8.32. The average Bonchev–Trinajstić information content (AvgIpc) is 3.04. The van der Waals surface area contributed by atoms with Crippen LogP contribution in [-0.2, 0) is 11.2 Å². The highest BCUT2D eigenvalue weighted by Gasteiger charge is 2.34. The van der Waals surface area contributed by atoms with Crippen LogP contribution in [0.3, 0.4) is 0 Å². The number of carbonyl (C=O) groups excluding carboxylic acids is 1. The van der Waals surface area contributed by atoms with Crippen LogP contribution in [0.5, 0.6) is 0 Å². The molecule has 0 radical (unpaired) electrons. The third kappa shape index (κ3) is 2.67. The van der Waals surface area contributed by atoms with Crippen molar-refractivity contribution in [1.29, 1.82) is 0 Å². The lowest BCUT2D eigenvalue weighted by Crippen LogP contribution is -2.24. The van der Waals surface area contributed by atoms with Gasteiger partial charge in [0.1, 0.15) is 6.10 Å². The van der Waals surface area contributed by atoms with Crippen molar-refractivity contribution in [1.82, 2.24) is 0 Å². The SMILES string of the molecule is O=C(Cc1ccccc1Br)C(O)C1CC1. The molecule has 2 rings (SSSR count). The van der Waals surface area contributed by atoms with E-state index in [1.54, 1.807) is 0 Å². The van der Waals surface area contributed by atoms with Crippen molar-refractivity contribution < 1.29 is 9.90 Å². The second-order valence-corrected chi connectivity index (χ2v) is 4.87. The topological polar surface area (TPSA) is 37.3 Å². The molecular weight excluding hydrogens is 256 g/mol. The van der Waals surface area contributed by atoms with Crippen LogP contribution in [0.1, 0.15) is 18.4 Å². The quantitative estimate of drug-likeness (QED) is 0.910. The summed E-state index contributed by atoms with van der Waals surface area (Å²) in [4.78, 5) is 11.7. The van der Waals surface area contributed by atoms with Crippen LogP contribution in [0.4, 0.5) is 0 Å². The summed E-state index contributed by atoms with van der Waals surface area (Å²) in [5.74, 6) is 0.157. The fourth-order valence-corrected chi connectivity index (χ4v) is 2.03. The molecule has 1 aliphatic carbocycles. The molecule has 15 heavy (non-hydrogen) atoms. The normalized spacial score (nSPS) is 17.5. The lowest BCUT2D eigenvalue weighted by Gasteiger charge is -2.08. The lowest BCUT2D eigenvalue weighted by atomic mass is 10.0. The van der Waals surface area contributed by atoms with Crippen molar-refractivity contribution in [3.8, 4) is 0 Å². The summed E-state index contributed by atoms with van der Waals surface area (Å²) in [7, 11) is 0. The Morgan fingerprint density at radius 2 is 2.13 bits per heavy atom. The molecule has 0 spiro atoms. The van der Waals surface area contributed by atoms with Gasteiger partial charge >= 0.3 is 0 Å². The molecular formula is C12H13BrO2. The summed E-state index contributed by atoms with van der Waals surface area (Å²) in [6.07, 6.45) is 1.54. The largest absolute Gasteiger partial charge is 0.385 e. The first-order chi connectivity index (χ1) is 7.18. The first-order valence-corrected chi connectivity index (χ1v) is 5.92. The molecule has 1 aliphatic rings. The second kappa shape index (κ2) is 4.45. The van der Waals surface area contributed by atoms with Crippen molar-refractivity contribution in [3.63, 3.8) is 0 Å². The molecule has 0 saturated heterocycles. The molecule has 0 heterocycles. The Morgan fingerprint density at radius 1 is 1.47 bits per heavy atom. The molecule has 0 bridgehead atoms. The highest BCUT2D eigenvalue weighted by molar-refractivity contribution is 9.10. The zero-order chi connectivity index (χ0) is 10.8. The van der Waals surface area contributed by atoms with E-state index < -0.39 is 6.10 Å². The van der Waals surface area contributed by atoms with Crippen molar-refractivity contribution in [2.75, 3.05) is 0 Å². The van der Waals surface area contributed by atoms with E-state index in [2.05, 4.69) is 15.9 Å². The fourth-order valence-electron chi connectivity index (χ4n) is 1.61. The monoisotopic (exact) mass is 268 g/mol. The van der Waals surface area contributed by atoms with Crippen molar-refractivity contribution >= 4 is 21.7 Å². The summed E-state index contributed by atoms with van der Waals surface area (Å²) in [6.45, 7) is 0. The van der Waals surface area contributed by atoms with Crippen LogP contribution < -0.4 is 0 Å². The number of aliphatic hydroxyl groups is 1. The standard InChI is InChI=1S/C12H13BrO2/c13-10-4-2-1-3-9(10)7-11(14)12(15)8-5-6-8/h1-4,8,12,15H,5-7H2. The van der Waals surface area contributed by atoms with Crippen LogP contribution in [0, 0.1) is 5.92 Å². The van der Waals surface area contributed by atoms with Gasteiger partial charge in [0.15, 0.2) is 5.78 Å². The fraction of sp³-hybridized carbons (Fsp3) is 0.417. The summed E-state index contributed by atoms with van der Waals surface area (Å²) >= 11 is 3.39. The third-order valence-electron chi connectivity index (χ3n) is 2.72. The van der Waals surface area contributed by atoms with Gasteiger partial charge in [0.2, 0.25) is 0 Å². The van der Waals surface area contributed by atoms with E-state index in [1.165, 1.54) is 0 Å². The molecule has 3 heteroatoms. The molecule has 1 atom stereocenters. The molecule has 0 aromatic heterocycles. The summed E-state index contributed by atoms with van der Waals surface area (Å²) in [5.41, 5.74) is 0.946. The van der Waals surface area contributed by atoms with Crippen molar-refractivity contribution in [2.24, 2.45) is 5.92 Å². The maximum absolute atomic E-state index is 11.7. The van der Waals surface area contributed by atoms with E-state index >= 15 is 0 Å². The molecule has 0 aliphatic heterocycles. The molecule has 1 aromatic carbocycles. The Labute approximate surface area is 97.4 Å². The predicted molar refractivity (Wildman–Crippen MR) is 61.6 cm³/mol. The van der Waals surface area contributed by atoms with Crippen LogP contribution in [0.25, 0.3) is 0 Å². The maximum Gasteiger partial charge on any atom is 0.165 e. The Balaban J connectivity index is 2.02. The van der Waals surface area contributed by atoms with Gasteiger partial charge in [0.25, 0.3) is 0 Å². The van der Waals surface area contributed by atoms with Gasteiger partial charge in [-0.2, -0.15) is 0 Å². The number of benzene rings is 1. The van der Waals surface area contributed by atoms with Crippen LogP contribution >= 0.6 is 15.9 Å². The minimum Gasteiger partial charge on any atom is -0.385 e. The Hall–Kier alpha value is -0.670. The molecule has 2 nitrogen and oxygen atoms in total. The zero-order valence-corrected chi connectivity index (χ0v) is 9.90. The molecule has 1 aromatic rings. The summed E-state index contributed by atoms with van der Waals surface area (Å²) < 4.78 is 0.932. The molecule has 1 unspecified atom stereocenters. The van der Waals surface area contributed by atoms with Gasteiger partial charge in [0.05, 0.1) is 0 Å². The second-order valence-electron chi connectivity index (χ2n) is 4.02. The van der Waals surface area contributed by atoms with Crippen molar-refractivity contribution in [3.05, 3.63) is 34.3 Å². The van der Waals surface area contributed by atoms with Gasteiger partial charge < -0.3 is 5.11 Å². The van der Waals surface area contributed by atoms with E-state index in [9.17, 15) is 9.90 Å². The van der Waals surface area contributed by atoms with E-state index in [4.69, 9.17) is 0 Å². The first-order valence-electron chi connectivity index (χ1n) is 5.12. The van der Waals surface area contributed by atoms with Crippen LogP contribution in [0.2, 0.25) is 0 Å². The lowest BCUT2D eigenvalue weighted by molar-refractivity contribution is -0.127. The highest BCUT2D eigenvalue weighted by Crippen LogP contribution is 2.33. The van der Waals surface area contributed by atoms with E-state index in [0.717, 1.165) is 22.9 Å². The maximum atomic E-state index is 11.7. The predicted octanol–water partition coefficient (Wildman–Crippen LogP) is 2.33. The first kappa shape index (κ1) is 10.8. The Kier molecular flexibility index (Phi) is 3.22. The summed E-state index contributed by atoms with van der Waals surface area (Å²) in [6, 6.07) is 7.62. The number of hydrogen-bond acceptors (Lipinski definition) is 2. The number of halogens is 1. The number of hydrogen-bond donors (Lipinski definition) is 1. The minimum absolute atomic E-state index is 0.0654. The van der Waals surface area contributed by atoms with Crippen molar-refractivity contribution in [2.45, 2.75) is 25.4 Å². The van der Waals surface area contributed by atoms with Gasteiger partial charge in [-0.1, -0.05) is 34.1 Å². The molecule has 1 saturated carbocycles. The Bertz CT molecular complexity index is 372. The van der Waals surface area contributed by atoms with Gasteiger partial charge in [-0.15, -0.1) is 0 Å². The van der Waals surface area contributed by atoms with Gasteiger partial charge in [0, 0.05) is 10.9 Å². The van der Waals surface area contributed by atoms with Gasteiger partial charge in [-0.3, -0.25) is 4.79 Å². The molecule has 1 N–H and O–H groups in total. The smallest absolute Gasteiger partial charge is 0.165 e. The molecule has 80 valence electrons. The molecule has 0 amide bonds. The van der Waals surface area contributed by atoms with E-state index in [0.29, 0.717) is 6.42 Å². The number of rotatable bonds is 4. The highest BCUT2D eigenvalue weighted by atomic mass is 79.9. The third-order valence-corrected chi connectivity index (χ3v) is 3.49. The Morgan fingerprint density at radius 3 is 2.73 bits per heavy atom. The van der Waals surface area contributed by atoms with Crippen LogP contribution in [0.15, 0.2) is 28.7 Å². The number of Topliss-reactive ketones (excluding diaryl/α,β-unsaturated/α-hetero) is 1. The summed E-state index contributed by atoms with van der Waals surface area (Å²) in [5, 5.41) is 9.64. The van der Waals surface area contributed by atoms with E-state index in [1.807, 2.05) is 24.3 Å². The number of carbonyl (C=O) groups is 1. The van der Waals surface area contributed by atoms with Gasteiger partial charge in [-0.05, 0) is 30.4 Å². The van der Waals surface area contributed by atoms with Gasteiger partial charge in [-0.25, -0.2) is 0 Å². The minimum atomic E-state index is -0.753. The molecule has 1 fully saturated rings. The number of aliphatic hydroxyl groups excluding tert-OH is 1. The van der Waals surface area contributed by atoms with E-state index in [-0.39, 0.29) is 11.7 Å². The van der Waals surface area contributed by atoms with Crippen LogP contribution in [-0.4, -0.2) is 17.0 Å².